The fourth-order valence-electron chi connectivity index (χ4n) is 2.26. The number of hydrogen-bond acceptors (Lipinski definition) is 3. The van der Waals surface area contributed by atoms with Crippen LogP contribution in [-0.4, -0.2) is 6.16 Å². The Hall–Kier alpha value is -2.43. The van der Waals surface area contributed by atoms with E-state index < -0.39 is 17.4 Å². The monoisotopic (exact) mass is 334 g/mol. The number of carbonyl (C=O) groups excluding carboxylic acids is 1. The van der Waals surface area contributed by atoms with Gasteiger partial charge in [-0.2, -0.15) is 0 Å². The third-order valence-corrected chi connectivity index (χ3v) is 3.76. The Balaban J connectivity index is 2.08. The summed E-state index contributed by atoms with van der Waals surface area (Å²) in [5.41, 5.74) is -0.686. The minimum Gasteiger partial charge on any atom is -0.423 e. The van der Waals surface area contributed by atoms with Crippen LogP contribution >= 0.6 is 0 Å². The number of ether oxygens (including phenoxy) is 2. The van der Waals surface area contributed by atoms with Crippen molar-refractivity contribution in [2.75, 3.05) is 0 Å². The largest absolute Gasteiger partial charge is 0.510 e. The highest BCUT2D eigenvalue weighted by Gasteiger charge is 2.31. The first-order valence-electron chi connectivity index (χ1n) is 7.54. The van der Waals surface area contributed by atoms with Crippen molar-refractivity contribution < 1.29 is 23.0 Å². The quantitative estimate of drug-likeness (QED) is 0.713. The second-order valence-corrected chi connectivity index (χ2v) is 6.49. The average Bonchev–Trinajstić information content (AvgIpc) is 2.46. The van der Waals surface area contributed by atoms with Crippen molar-refractivity contribution in [3.05, 3.63) is 71.3 Å². The van der Waals surface area contributed by atoms with Crippen molar-refractivity contribution in [2.45, 2.75) is 38.9 Å². The van der Waals surface area contributed by atoms with E-state index in [0.717, 1.165) is 0 Å². The lowest BCUT2D eigenvalue weighted by Gasteiger charge is -2.30. The van der Waals surface area contributed by atoms with Crippen molar-refractivity contribution in [2.24, 2.45) is 0 Å². The SMILES string of the molecule is CC(C)(OC(=O)OC(C)(C)c1ccc(F)cc1)c1ccc(F)cc1. The number of hydrogen-bond donors (Lipinski definition) is 0. The molecule has 2 rings (SSSR count). The zero-order valence-corrected chi connectivity index (χ0v) is 14.1. The first-order valence-corrected chi connectivity index (χ1v) is 7.54. The zero-order valence-electron chi connectivity index (χ0n) is 14.1. The number of halogens is 2. The van der Waals surface area contributed by atoms with Crippen molar-refractivity contribution >= 4 is 6.16 Å². The van der Waals surface area contributed by atoms with Gasteiger partial charge in [-0.05, 0) is 63.1 Å². The van der Waals surface area contributed by atoms with Gasteiger partial charge < -0.3 is 9.47 Å². The zero-order chi connectivity index (χ0) is 18.0. The van der Waals surface area contributed by atoms with Gasteiger partial charge >= 0.3 is 6.16 Å². The average molecular weight is 334 g/mol. The van der Waals surface area contributed by atoms with E-state index in [2.05, 4.69) is 0 Å². The summed E-state index contributed by atoms with van der Waals surface area (Å²) in [7, 11) is 0. The van der Waals surface area contributed by atoms with Gasteiger partial charge in [-0.15, -0.1) is 0 Å². The first kappa shape index (κ1) is 17.9. The first-order chi connectivity index (χ1) is 11.1. The van der Waals surface area contributed by atoms with E-state index in [-0.39, 0.29) is 11.6 Å². The standard InChI is InChI=1S/C19H20F2O3/c1-18(2,13-5-9-15(20)10-6-13)23-17(22)24-19(3,4)14-7-11-16(21)12-8-14/h5-12H,1-4H3. The highest BCUT2D eigenvalue weighted by atomic mass is 19.1. The van der Waals surface area contributed by atoms with Gasteiger partial charge in [-0.25, -0.2) is 13.6 Å². The topological polar surface area (TPSA) is 35.5 Å². The Labute approximate surface area is 140 Å². The van der Waals surface area contributed by atoms with Gasteiger partial charge in [0, 0.05) is 0 Å². The highest BCUT2D eigenvalue weighted by Crippen LogP contribution is 2.29. The highest BCUT2D eigenvalue weighted by molar-refractivity contribution is 5.62. The predicted octanol–water partition coefficient (Wildman–Crippen LogP) is 5.29. The van der Waals surface area contributed by atoms with Crippen molar-refractivity contribution in [3.8, 4) is 0 Å². The summed E-state index contributed by atoms with van der Waals surface area (Å²) in [5.74, 6) is -0.732. The van der Waals surface area contributed by atoms with Crippen LogP contribution in [0.25, 0.3) is 0 Å². The molecular formula is C19H20F2O3. The molecular weight excluding hydrogens is 314 g/mol. The smallest absolute Gasteiger partial charge is 0.423 e. The molecule has 24 heavy (non-hydrogen) atoms. The van der Waals surface area contributed by atoms with Crippen LogP contribution in [0.2, 0.25) is 0 Å². The van der Waals surface area contributed by atoms with E-state index in [9.17, 15) is 13.6 Å². The maximum atomic E-state index is 13.0. The summed E-state index contributed by atoms with van der Waals surface area (Å²) >= 11 is 0. The molecule has 0 fully saturated rings. The Bertz CT molecular complexity index is 643. The summed E-state index contributed by atoms with van der Waals surface area (Å²) in [4.78, 5) is 12.2. The van der Waals surface area contributed by atoms with E-state index in [0.29, 0.717) is 11.1 Å². The fourth-order valence-corrected chi connectivity index (χ4v) is 2.26. The molecule has 0 spiro atoms. The van der Waals surface area contributed by atoms with Crippen LogP contribution in [0.15, 0.2) is 48.5 Å². The fraction of sp³-hybridized carbons (Fsp3) is 0.316. The maximum absolute atomic E-state index is 13.0. The van der Waals surface area contributed by atoms with Crippen LogP contribution in [0.3, 0.4) is 0 Å². The Morgan fingerprint density at radius 2 is 1.00 bits per heavy atom. The lowest BCUT2D eigenvalue weighted by molar-refractivity contribution is -0.0634. The molecule has 0 heterocycles. The molecule has 0 amide bonds. The molecule has 0 aliphatic rings. The Kier molecular flexibility index (Phi) is 4.92. The number of benzene rings is 2. The Morgan fingerprint density at radius 1 is 0.708 bits per heavy atom. The molecule has 2 aromatic carbocycles. The van der Waals surface area contributed by atoms with Gasteiger partial charge in [-0.1, -0.05) is 24.3 Å². The van der Waals surface area contributed by atoms with Crippen LogP contribution in [0, 0.1) is 11.6 Å². The molecule has 0 aliphatic carbocycles. The van der Waals surface area contributed by atoms with E-state index in [1.54, 1.807) is 52.0 Å². The van der Waals surface area contributed by atoms with Crippen LogP contribution in [0.4, 0.5) is 13.6 Å². The Morgan fingerprint density at radius 3 is 1.29 bits per heavy atom. The van der Waals surface area contributed by atoms with Gasteiger partial charge in [-0.3, -0.25) is 0 Å². The summed E-state index contributed by atoms with van der Waals surface area (Å²) in [5, 5.41) is 0. The molecule has 0 unspecified atom stereocenters. The third kappa shape index (κ3) is 4.31. The van der Waals surface area contributed by atoms with Gasteiger partial charge in [0.05, 0.1) is 0 Å². The van der Waals surface area contributed by atoms with E-state index >= 15 is 0 Å². The summed E-state index contributed by atoms with van der Waals surface area (Å²) in [6.45, 7) is 6.75. The second kappa shape index (κ2) is 6.59. The normalized spacial score (nSPS) is 11.9. The molecule has 3 nitrogen and oxygen atoms in total. The summed E-state index contributed by atoms with van der Waals surface area (Å²) < 4.78 is 36.8. The molecule has 0 bridgehead atoms. The predicted molar refractivity (Wildman–Crippen MR) is 86.4 cm³/mol. The molecule has 0 saturated heterocycles. The van der Waals surface area contributed by atoms with Crippen LogP contribution < -0.4 is 0 Å². The van der Waals surface area contributed by atoms with Gasteiger partial charge in [0.25, 0.3) is 0 Å². The molecule has 0 radical (unpaired) electrons. The van der Waals surface area contributed by atoms with E-state index in [1.165, 1.54) is 24.3 Å². The van der Waals surface area contributed by atoms with Crippen LogP contribution in [-0.2, 0) is 20.7 Å². The van der Waals surface area contributed by atoms with E-state index in [4.69, 9.17) is 9.47 Å². The molecule has 5 heteroatoms. The van der Waals surface area contributed by atoms with Gasteiger partial charge in [0.2, 0.25) is 0 Å². The summed E-state index contributed by atoms with van der Waals surface area (Å²) in [6, 6.07) is 11.4. The van der Waals surface area contributed by atoms with Crippen LogP contribution in [0.1, 0.15) is 38.8 Å². The third-order valence-electron chi connectivity index (χ3n) is 3.76. The van der Waals surface area contributed by atoms with Crippen molar-refractivity contribution in [1.29, 1.82) is 0 Å². The molecule has 0 atom stereocenters. The van der Waals surface area contributed by atoms with Gasteiger partial charge in [0.15, 0.2) is 0 Å². The van der Waals surface area contributed by atoms with Crippen LogP contribution in [0.5, 0.6) is 0 Å². The molecule has 0 saturated carbocycles. The maximum Gasteiger partial charge on any atom is 0.510 e. The number of rotatable bonds is 4. The minimum atomic E-state index is -0.982. The molecule has 2 aromatic rings. The molecule has 0 aliphatic heterocycles. The number of carbonyl (C=O) groups is 1. The van der Waals surface area contributed by atoms with Crippen molar-refractivity contribution in [3.63, 3.8) is 0 Å². The molecule has 128 valence electrons. The minimum absolute atomic E-state index is 0.366. The van der Waals surface area contributed by atoms with E-state index in [1.807, 2.05) is 0 Å². The lowest BCUT2D eigenvalue weighted by atomic mass is 9.98. The lowest BCUT2D eigenvalue weighted by Crippen LogP contribution is -2.31. The molecule has 0 N–H and O–H groups in total. The molecule has 0 aromatic heterocycles. The van der Waals surface area contributed by atoms with Crippen molar-refractivity contribution in [1.82, 2.24) is 0 Å². The summed E-state index contributed by atoms with van der Waals surface area (Å²) in [6.07, 6.45) is -0.862. The second-order valence-electron chi connectivity index (χ2n) is 6.49. The van der Waals surface area contributed by atoms with Gasteiger partial charge in [0.1, 0.15) is 22.8 Å².